The van der Waals surface area contributed by atoms with Crippen LogP contribution in [0.3, 0.4) is 0 Å². The maximum atomic E-state index is 5.68. The van der Waals surface area contributed by atoms with Crippen LogP contribution in [0.25, 0.3) is 0 Å². The van der Waals surface area contributed by atoms with E-state index in [1.54, 1.807) is 11.3 Å². The van der Waals surface area contributed by atoms with E-state index >= 15 is 0 Å². The van der Waals surface area contributed by atoms with Gasteiger partial charge < -0.3 is 5.73 Å². The molecule has 0 amide bonds. The van der Waals surface area contributed by atoms with Gasteiger partial charge in [-0.1, -0.05) is 13.8 Å². The number of hydrogen-bond donors (Lipinski definition) is 1. The Hall–Kier alpha value is -0.410. The molecule has 0 aliphatic heterocycles. The van der Waals surface area contributed by atoms with Gasteiger partial charge in [0, 0.05) is 17.3 Å². The highest BCUT2D eigenvalue weighted by atomic mass is 32.1. The number of nitrogens with two attached hydrogens (primary N) is 1. The van der Waals surface area contributed by atoms with E-state index in [2.05, 4.69) is 24.2 Å². The highest BCUT2D eigenvalue weighted by Gasteiger charge is 2.05. The van der Waals surface area contributed by atoms with E-state index in [-0.39, 0.29) is 6.04 Å². The molecule has 0 unspecified atom stereocenters. The normalized spacial score (nSPS) is 13.6. The first kappa shape index (κ1) is 10.7. The average Bonchev–Trinajstić information content (AvgIpc) is 2.48. The quantitative estimate of drug-likeness (QED) is 0.807. The molecule has 1 rings (SSSR count). The van der Waals surface area contributed by atoms with E-state index in [0.29, 0.717) is 5.92 Å². The lowest BCUT2D eigenvalue weighted by Gasteiger charge is -2.01. The van der Waals surface area contributed by atoms with Gasteiger partial charge in [0.1, 0.15) is 0 Å². The van der Waals surface area contributed by atoms with Gasteiger partial charge in [-0.3, -0.25) is 0 Å². The van der Waals surface area contributed by atoms with E-state index in [9.17, 15) is 0 Å². The minimum atomic E-state index is 0.282. The lowest BCUT2D eigenvalue weighted by atomic mass is 10.1. The molecule has 1 atom stereocenters. The predicted octanol–water partition coefficient (Wildman–Crippen LogP) is 2.55. The van der Waals surface area contributed by atoms with Crippen molar-refractivity contribution in [3.63, 3.8) is 0 Å². The van der Waals surface area contributed by atoms with Gasteiger partial charge in [-0.15, -0.1) is 11.3 Å². The van der Waals surface area contributed by atoms with Gasteiger partial charge in [-0.2, -0.15) is 0 Å². The molecule has 0 fully saturated rings. The topological polar surface area (TPSA) is 38.9 Å². The summed E-state index contributed by atoms with van der Waals surface area (Å²) in [6.45, 7) is 6.39. The minimum Gasteiger partial charge on any atom is -0.328 e. The largest absolute Gasteiger partial charge is 0.328 e. The summed E-state index contributed by atoms with van der Waals surface area (Å²) in [5, 5.41) is 3.39. The van der Waals surface area contributed by atoms with Crippen LogP contribution < -0.4 is 5.73 Å². The Morgan fingerprint density at radius 3 is 2.62 bits per heavy atom. The molecule has 3 heteroatoms. The molecule has 2 nitrogen and oxygen atoms in total. The van der Waals surface area contributed by atoms with E-state index in [1.807, 2.05) is 6.92 Å². The van der Waals surface area contributed by atoms with Gasteiger partial charge >= 0.3 is 0 Å². The zero-order chi connectivity index (χ0) is 9.84. The highest BCUT2D eigenvalue weighted by Crippen LogP contribution is 2.19. The Balaban J connectivity index is 2.49. The van der Waals surface area contributed by atoms with Gasteiger partial charge in [-0.25, -0.2) is 4.98 Å². The lowest BCUT2D eigenvalue weighted by molar-refractivity contribution is 0.657. The Kier molecular flexibility index (Phi) is 3.88. The van der Waals surface area contributed by atoms with Crippen LogP contribution >= 0.6 is 11.3 Å². The molecule has 13 heavy (non-hydrogen) atoms. The Labute approximate surface area is 84.2 Å². The average molecular weight is 198 g/mol. The van der Waals surface area contributed by atoms with Crippen LogP contribution in [0.4, 0.5) is 0 Å². The molecular formula is C10H18N2S. The third-order valence-corrected chi connectivity index (χ3v) is 3.11. The van der Waals surface area contributed by atoms with Crippen LogP contribution in [0.5, 0.6) is 0 Å². The van der Waals surface area contributed by atoms with Gasteiger partial charge in [0.2, 0.25) is 0 Å². The fraction of sp³-hybridized carbons (Fsp3) is 0.700. The third-order valence-electron chi connectivity index (χ3n) is 1.92. The molecule has 0 saturated heterocycles. The molecule has 2 N–H and O–H groups in total. The molecule has 0 aliphatic carbocycles. The molecule has 0 spiro atoms. The molecular weight excluding hydrogens is 180 g/mol. The smallest absolute Gasteiger partial charge is 0.0953 e. The van der Waals surface area contributed by atoms with E-state index in [1.165, 1.54) is 10.7 Å². The van der Waals surface area contributed by atoms with Crippen molar-refractivity contribution in [3.8, 4) is 0 Å². The second-order valence-corrected chi connectivity index (χ2v) is 4.74. The molecule has 1 aromatic heterocycles. The third kappa shape index (κ3) is 3.44. The standard InChI is InChI=1S/C10H18N2S/c1-7(2)10-12-9(6-13-10)5-4-8(3)11/h6-8H,4-5,11H2,1-3H3/t8-/m0/s1. The Bertz CT molecular complexity index is 253. The van der Waals surface area contributed by atoms with E-state index in [0.717, 1.165) is 12.8 Å². The maximum Gasteiger partial charge on any atom is 0.0953 e. The number of rotatable bonds is 4. The number of aryl methyl sites for hydroxylation is 1. The maximum absolute atomic E-state index is 5.68. The molecule has 0 bridgehead atoms. The van der Waals surface area contributed by atoms with Crippen molar-refractivity contribution in [3.05, 3.63) is 16.1 Å². The van der Waals surface area contributed by atoms with Gasteiger partial charge in [0.15, 0.2) is 0 Å². The summed E-state index contributed by atoms with van der Waals surface area (Å²) in [4.78, 5) is 4.54. The Morgan fingerprint density at radius 1 is 1.46 bits per heavy atom. The van der Waals surface area contributed by atoms with Crippen molar-refractivity contribution in [2.45, 2.75) is 45.6 Å². The summed E-state index contributed by atoms with van der Waals surface area (Å²) in [6, 6.07) is 0.282. The first-order chi connectivity index (χ1) is 6.09. The van der Waals surface area contributed by atoms with Crippen LogP contribution in [0.15, 0.2) is 5.38 Å². The fourth-order valence-electron chi connectivity index (χ4n) is 1.08. The van der Waals surface area contributed by atoms with Gasteiger partial charge in [-0.05, 0) is 19.8 Å². The zero-order valence-electron chi connectivity index (χ0n) is 8.58. The summed E-state index contributed by atoms with van der Waals surface area (Å²) in [7, 11) is 0. The van der Waals surface area contributed by atoms with Gasteiger partial charge in [0.05, 0.1) is 10.7 Å². The zero-order valence-corrected chi connectivity index (χ0v) is 9.40. The number of thiazole rings is 1. The summed E-state index contributed by atoms with van der Waals surface area (Å²) >= 11 is 1.76. The SMILES string of the molecule is CC(C)c1nc(CC[C@H](C)N)cs1. The molecule has 74 valence electrons. The predicted molar refractivity (Wildman–Crippen MR) is 58.2 cm³/mol. The summed E-state index contributed by atoms with van der Waals surface area (Å²) in [5.41, 5.74) is 6.88. The van der Waals surface area contributed by atoms with Crippen molar-refractivity contribution < 1.29 is 0 Å². The highest BCUT2D eigenvalue weighted by molar-refractivity contribution is 7.09. The molecule has 0 aliphatic rings. The van der Waals surface area contributed by atoms with Crippen molar-refractivity contribution in [2.24, 2.45) is 5.73 Å². The first-order valence-corrected chi connectivity index (χ1v) is 5.67. The van der Waals surface area contributed by atoms with Crippen LogP contribution in [0.2, 0.25) is 0 Å². The van der Waals surface area contributed by atoms with E-state index < -0.39 is 0 Å². The van der Waals surface area contributed by atoms with Crippen LogP contribution in [-0.4, -0.2) is 11.0 Å². The number of aromatic nitrogens is 1. The second-order valence-electron chi connectivity index (χ2n) is 3.85. The van der Waals surface area contributed by atoms with Crippen LogP contribution in [0.1, 0.15) is 43.8 Å². The van der Waals surface area contributed by atoms with Crippen LogP contribution in [-0.2, 0) is 6.42 Å². The molecule has 1 aromatic rings. The van der Waals surface area contributed by atoms with Crippen molar-refractivity contribution in [2.75, 3.05) is 0 Å². The molecule has 1 heterocycles. The first-order valence-electron chi connectivity index (χ1n) is 4.79. The summed E-state index contributed by atoms with van der Waals surface area (Å²) < 4.78 is 0. The Morgan fingerprint density at radius 2 is 2.15 bits per heavy atom. The molecule has 0 aromatic carbocycles. The summed E-state index contributed by atoms with van der Waals surface area (Å²) in [5.74, 6) is 0.550. The number of nitrogens with zero attached hydrogens (tertiary/aromatic N) is 1. The van der Waals surface area contributed by atoms with Gasteiger partial charge in [0.25, 0.3) is 0 Å². The van der Waals surface area contributed by atoms with E-state index in [4.69, 9.17) is 5.73 Å². The fourth-order valence-corrected chi connectivity index (χ4v) is 1.95. The lowest BCUT2D eigenvalue weighted by Crippen LogP contribution is -2.15. The number of hydrogen-bond acceptors (Lipinski definition) is 3. The summed E-state index contributed by atoms with van der Waals surface area (Å²) in [6.07, 6.45) is 2.04. The minimum absolute atomic E-state index is 0.282. The second kappa shape index (κ2) is 4.72. The monoisotopic (exact) mass is 198 g/mol. The van der Waals surface area contributed by atoms with Crippen molar-refractivity contribution in [1.82, 2.24) is 4.98 Å². The van der Waals surface area contributed by atoms with Crippen LogP contribution in [0, 0.1) is 0 Å². The molecule has 0 saturated carbocycles. The van der Waals surface area contributed by atoms with Crippen molar-refractivity contribution in [1.29, 1.82) is 0 Å². The van der Waals surface area contributed by atoms with Crippen molar-refractivity contribution >= 4 is 11.3 Å². The molecule has 0 radical (unpaired) electrons.